The summed E-state index contributed by atoms with van der Waals surface area (Å²) in [6.45, 7) is 8.88. The van der Waals surface area contributed by atoms with Crippen molar-refractivity contribution in [2.75, 3.05) is 6.26 Å². The summed E-state index contributed by atoms with van der Waals surface area (Å²) in [4.78, 5) is 2.85. The lowest BCUT2D eigenvalue weighted by molar-refractivity contribution is 0.798. The molecule has 0 atom stereocenters. The van der Waals surface area contributed by atoms with Gasteiger partial charge in [-0.1, -0.05) is 27.7 Å². The lowest BCUT2D eigenvalue weighted by Gasteiger charge is -2.06. The lowest BCUT2D eigenvalue weighted by atomic mass is 10.1. The van der Waals surface area contributed by atoms with Crippen molar-refractivity contribution in [1.29, 1.82) is 0 Å². The molecule has 0 saturated heterocycles. The average molecular weight is 215 g/mol. The number of thioether (sulfide) groups is 1. The molecule has 74 valence electrons. The van der Waals surface area contributed by atoms with Crippen LogP contribution in [0.3, 0.4) is 0 Å². The van der Waals surface area contributed by atoms with Crippen molar-refractivity contribution in [1.82, 2.24) is 4.37 Å². The standard InChI is InChI=1S/C10H17NS2/c1-6(2)8-10(12-5)9(7(3)4)13-11-8/h6-7H,1-5H3. The molecule has 0 fully saturated rings. The summed E-state index contributed by atoms with van der Waals surface area (Å²) < 4.78 is 4.53. The highest BCUT2D eigenvalue weighted by Crippen LogP contribution is 2.36. The zero-order valence-electron chi connectivity index (χ0n) is 8.92. The van der Waals surface area contributed by atoms with E-state index in [2.05, 4.69) is 38.3 Å². The predicted molar refractivity (Wildman–Crippen MR) is 62.1 cm³/mol. The van der Waals surface area contributed by atoms with Gasteiger partial charge in [0.15, 0.2) is 0 Å². The normalized spacial score (nSPS) is 11.6. The van der Waals surface area contributed by atoms with Crippen LogP contribution in [0.1, 0.15) is 50.1 Å². The summed E-state index contributed by atoms with van der Waals surface area (Å²) in [7, 11) is 0. The molecule has 0 amide bonds. The molecule has 0 aliphatic rings. The molecule has 0 unspecified atom stereocenters. The van der Waals surface area contributed by atoms with Crippen LogP contribution >= 0.6 is 23.3 Å². The SMILES string of the molecule is CSc1c(C(C)C)nsc1C(C)C. The first-order chi connectivity index (χ1) is 6.07. The molecule has 0 saturated carbocycles. The zero-order valence-corrected chi connectivity index (χ0v) is 10.6. The molecule has 3 heteroatoms. The van der Waals surface area contributed by atoms with Crippen LogP contribution in [0.5, 0.6) is 0 Å². The number of hydrogen-bond donors (Lipinski definition) is 0. The van der Waals surface area contributed by atoms with Crippen LogP contribution in [0.4, 0.5) is 0 Å². The molecule has 1 rings (SSSR count). The van der Waals surface area contributed by atoms with Crippen molar-refractivity contribution in [2.24, 2.45) is 0 Å². The fourth-order valence-electron chi connectivity index (χ4n) is 1.25. The maximum Gasteiger partial charge on any atom is 0.0706 e. The molecule has 1 nitrogen and oxygen atoms in total. The van der Waals surface area contributed by atoms with Crippen molar-refractivity contribution < 1.29 is 0 Å². The fourth-order valence-corrected chi connectivity index (χ4v) is 3.49. The van der Waals surface area contributed by atoms with Crippen LogP contribution in [-0.2, 0) is 0 Å². The van der Waals surface area contributed by atoms with E-state index in [1.807, 2.05) is 11.8 Å². The summed E-state index contributed by atoms with van der Waals surface area (Å²) in [5.41, 5.74) is 1.28. The van der Waals surface area contributed by atoms with Gasteiger partial charge in [0, 0.05) is 9.77 Å². The van der Waals surface area contributed by atoms with Gasteiger partial charge in [0.25, 0.3) is 0 Å². The van der Waals surface area contributed by atoms with E-state index in [-0.39, 0.29) is 0 Å². The first kappa shape index (κ1) is 11.1. The van der Waals surface area contributed by atoms with Gasteiger partial charge in [0.2, 0.25) is 0 Å². The largest absolute Gasteiger partial charge is 0.196 e. The summed E-state index contributed by atoms with van der Waals surface area (Å²) in [5.74, 6) is 1.15. The molecule has 1 aromatic heterocycles. The van der Waals surface area contributed by atoms with E-state index < -0.39 is 0 Å². The highest BCUT2D eigenvalue weighted by molar-refractivity contribution is 7.98. The fraction of sp³-hybridized carbons (Fsp3) is 0.700. The average Bonchev–Trinajstić information content (AvgIpc) is 2.46. The van der Waals surface area contributed by atoms with E-state index in [1.165, 1.54) is 15.5 Å². The summed E-state index contributed by atoms with van der Waals surface area (Å²) in [6, 6.07) is 0. The van der Waals surface area contributed by atoms with Gasteiger partial charge in [-0.15, -0.1) is 11.8 Å². The summed E-state index contributed by atoms with van der Waals surface area (Å²) in [5, 5.41) is 0. The first-order valence-corrected chi connectivity index (χ1v) is 6.61. The molecule has 13 heavy (non-hydrogen) atoms. The van der Waals surface area contributed by atoms with Gasteiger partial charge in [0.1, 0.15) is 0 Å². The summed E-state index contributed by atoms with van der Waals surface area (Å²) >= 11 is 3.50. The van der Waals surface area contributed by atoms with E-state index in [0.29, 0.717) is 11.8 Å². The molecular formula is C10H17NS2. The van der Waals surface area contributed by atoms with Crippen LogP contribution in [-0.4, -0.2) is 10.6 Å². The van der Waals surface area contributed by atoms with E-state index in [1.54, 1.807) is 11.5 Å². The van der Waals surface area contributed by atoms with Crippen LogP contribution in [0.2, 0.25) is 0 Å². The maximum absolute atomic E-state index is 4.53. The van der Waals surface area contributed by atoms with Crippen molar-refractivity contribution in [3.8, 4) is 0 Å². The van der Waals surface area contributed by atoms with Crippen LogP contribution < -0.4 is 0 Å². The molecular weight excluding hydrogens is 198 g/mol. The second-order valence-electron chi connectivity index (χ2n) is 3.77. The minimum Gasteiger partial charge on any atom is -0.196 e. The van der Waals surface area contributed by atoms with Gasteiger partial charge in [0.05, 0.1) is 5.69 Å². The van der Waals surface area contributed by atoms with E-state index in [4.69, 9.17) is 0 Å². The highest BCUT2D eigenvalue weighted by atomic mass is 32.2. The Morgan fingerprint density at radius 2 is 1.77 bits per heavy atom. The number of rotatable bonds is 3. The second-order valence-corrected chi connectivity index (χ2v) is 5.40. The third-order valence-corrected chi connectivity index (χ3v) is 4.10. The topological polar surface area (TPSA) is 12.9 Å². The third-order valence-electron chi connectivity index (χ3n) is 1.97. The number of hydrogen-bond acceptors (Lipinski definition) is 3. The number of aromatic nitrogens is 1. The lowest BCUT2D eigenvalue weighted by Crippen LogP contribution is -1.91. The van der Waals surface area contributed by atoms with Crippen LogP contribution in [0, 0.1) is 0 Å². The van der Waals surface area contributed by atoms with Gasteiger partial charge in [-0.2, -0.15) is 4.37 Å². The van der Waals surface area contributed by atoms with Crippen LogP contribution in [0.25, 0.3) is 0 Å². The molecule has 0 radical (unpaired) electrons. The van der Waals surface area contributed by atoms with Crippen molar-refractivity contribution in [3.63, 3.8) is 0 Å². The monoisotopic (exact) mass is 215 g/mol. The Hall–Kier alpha value is -0.0200. The maximum atomic E-state index is 4.53. The van der Waals surface area contributed by atoms with E-state index >= 15 is 0 Å². The quantitative estimate of drug-likeness (QED) is 0.704. The van der Waals surface area contributed by atoms with E-state index in [0.717, 1.165) is 0 Å². The Kier molecular flexibility index (Phi) is 3.80. The highest BCUT2D eigenvalue weighted by Gasteiger charge is 2.17. The molecule has 0 spiro atoms. The van der Waals surface area contributed by atoms with Crippen molar-refractivity contribution in [2.45, 2.75) is 44.4 Å². The molecule has 1 heterocycles. The molecule has 1 aromatic rings. The van der Waals surface area contributed by atoms with Crippen molar-refractivity contribution >= 4 is 23.3 Å². The Morgan fingerprint density at radius 3 is 2.15 bits per heavy atom. The van der Waals surface area contributed by atoms with Gasteiger partial charge in [-0.3, -0.25) is 0 Å². The van der Waals surface area contributed by atoms with Gasteiger partial charge in [-0.25, -0.2) is 0 Å². The number of nitrogens with zero attached hydrogens (tertiary/aromatic N) is 1. The second kappa shape index (κ2) is 4.47. The Morgan fingerprint density at radius 1 is 1.15 bits per heavy atom. The Labute approximate surface area is 89.1 Å². The predicted octanol–water partition coefficient (Wildman–Crippen LogP) is 4.11. The van der Waals surface area contributed by atoms with Gasteiger partial charge >= 0.3 is 0 Å². The van der Waals surface area contributed by atoms with Crippen LogP contribution in [0.15, 0.2) is 4.90 Å². The third kappa shape index (κ3) is 2.26. The van der Waals surface area contributed by atoms with Gasteiger partial charge < -0.3 is 0 Å². The van der Waals surface area contributed by atoms with E-state index in [9.17, 15) is 0 Å². The molecule has 0 aliphatic heterocycles. The first-order valence-electron chi connectivity index (χ1n) is 4.61. The minimum atomic E-state index is 0.547. The molecule has 0 bridgehead atoms. The molecule has 0 aliphatic carbocycles. The Bertz CT molecular complexity index is 251. The molecule has 0 N–H and O–H groups in total. The van der Waals surface area contributed by atoms with Crippen molar-refractivity contribution in [3.05, 3.63) is 10.6 Å². The zero-order chi connectivity index (χ0) is 10.0. The minimum absolute atomic E-state index is 0.547. The summed E-state index contributed by atoms with van der Waals surface area (Å²) in [6.07, 6.45) is 2.14. The molecule has 0 aromatic carbocycles. The Balaban J connectivity index is 3.10. The van der Waals surface area contributed by atoms with Gasteiger partial charge in [-0.05, 0) is 29.6 Å². The smallest absolute Gasteiger partial charge is 0.0706 e.